The number of urea groups is 1. The van der Waals surface area contributed by atoms with Gasteiger partial charge in [0.1, 0.15) is 10.5 Å². The Bertz CT molecular complexity index is 1070. The Morgan fingerprint density at radius 3 is 2.44 bits per heavy atom. The molecule has 3 rings (SSSR count). The van der Waals surface area contributed by atoms with Crippen LogP contribution in [0.3, 0.4) is 0 Å². The van der Waals surface area contributed by atoms with Crippen LogP contribution in [0.4, 0.5) is 23.7 Å². The summed E-state index contributed by atoms with van der Waals surface area (Å²) in [7, 11) is 0. The highest BCUT2D eigenvalue weighted by Crippen LogP contribution is 2.36. The molecule has 0 saturated heterocycles. The van der Waals surface area contributed by atoms with Gasteiger partial charge in [0.05, 0.1) is 0 Å². The Hall–Kier alpha value is -2.88. The van der Waals surface area contributed by atoms with E-state index in [1.165, 1.54) is 23.9 Å². The number of rotatable bonds is 9. The first-order chi connectivity index (χ1) is 16.9. The van der Waals surface area contributed by atoms with Crippen molar-refractivity contribution in [2.24, 2.45) is 0 Å². The molecule has 0 saturated carbocycles. The van der Waals surface area contributed by atoms with Gasteiger partial charge >= 0.3 is 18.4 Å². The maximum absolute atomic E-state index is 13.2. The van der Waals surface area contributed by atoms with Crippen LogP contribution >= 0.6 is 11.8 Å². The maximum atomic E-state index is 13.2. The average Bonchev–Trinajstić information content (AvgIpc) is 2.79. The van der Waals surface area contributed by atoms with Crippen molar-refractivity contribution in [3.63, 3.8) is 0 Å². The minimum Gasteiger partial charge on any atom is -0.480 e. The number of benzene rings is 2. The molecule has 0 spiro atoms. The van der Waals surface area contributed by atoms with Crippen LogP contribution in [0.1, 0.15) is 51.2 Å². The number of aliphatic carboxylic acids is 1. The van der Waals surface area contributed by atoms with Gasteiger partial charge in [-0.2, -0.15) is 0 Å². The Labute approximate surface area is 213 Å². The van der Waals surface area contributed by atoms with Crippen LogP contribution in [0.5, 0.6) is 5.75 Å². The highest BCUT2D eigenvalue weighted by atomic mass is 32.2. The van der Waals surface area contributed by atoms with Gasteiger partial charge in [-0.05, 0) is 87.1 Å². The third-order valence-electron chi connectivity index (χ3n) is 6.06. The largest absolute Gasteiger partial charge is 0.573 e. The third-order valence-corrected chi connectivity index (χ3v) is 7.24. The van der Waals surface area contributed by atoms with E-state index in [0.717, 1.165) is 53.8 Å². The van der Waals surface area contributed by atoms with E-state index in [-0.39, 0.29) is 17.8 Å². The van der Waals surface area contributed by atoms with Crippen LogP contribution in [0.15, 0.2) is 47.4 Å². The minimum absolute atomic E-state index is 0.0224. The molecule has 2 N–H and O–H groups in total. The minimum atomic E-state index is -4.77. The summed E-state index contributed by atoms with van der Waals surface area (Å²) in [6.45, 7) is 5.97. The second-order valence-corrected chi connectivity index (χ2v) is 11.0. The van der Waals surface area contributed by atoms with E-state index < -0.39 is 17.1 Å². The lowest BCUT2D eigenvalue weighted by Gasteiger charge is -2.35. The molecule has 10 heteroatoms. The number of alkyl halides is 3. The van der Waals surface area contributed by atoms with Gasteiger partial charge in [-0.3, -0.25) is 4.79 Å². The smallest absolute Gasteiger partial charge is 0.480 e. The highest BCUT2D eigenvalue weighted by molar-refractivity contribution is 8.01. The number of nitrogens with zero attached hydrogens (tertiary/aromatic N) is 1. The monoisotopic (exact) mass is 524 g/mol. The Morgan fingerprint density at radius 1 is 1.14 bits per heavy atom. The lowest BCUT2D eigenvalue weighted by Crippen LogP contribution is -2.46. The predicted molar refractivity (Wildman–Crippen MR) is 134 cm³/mol. The van der Waals surface area contributed by atoms with E-state index in [2.05, 4.69) is 10.1 Å². The van der Waals surface area contributed by atoms with Crippen LogP contribution in [0.25, 0.3) is 0 Å². The van der Waals surface area contributed by atoms with Crippen molar-refractivity contribution < 1.29 is 32.6 Å². The number of fused-ring (bicyclic) bond motifs is 1. The van der Waals surface area contributed by atoms with Crippen molar-refractivity contribution in [1.29, 1.82) is 0 Å². The van der Waals surface area contributed by atoms with Crippen molar-refractivity contribution in [1.82, 2.24) is 4.90 Å². The van der Waals surface area contributed by atoms with Crippen molar-refractivity contribution in [2.45, 2.75) is 74.9 Å². The summed E-state index contributed by atoms with van der Waals surface area (Å²) in [4.78, 5) is 27.3. The zero-order valence-corrected chi connectivity index (χ0v) is 21.3. The van der Waals surface area contributed by atoms with Crippen LogP contribution < -0.4 is 10.1 Å². The molecular weight excluding hydrogens is 493 g/mol. The summed E-state index contributed by atoms with van der Waals surface area (Å²) < 4.78 is 40.1. The highest BCUT2D eigenvalue weighted by Gasteiger charge is 2.32. The fraction of sp³-hybridized carbons (Fsp3) is 0.462. The molecule has 196 valence electrons. The van der Waals surface area contributed by atoms with Crippen LogP contribution in [0, 0.1) is 0 Å². The molecule has 0 bridgehead atoms. The van der Waals surface area contributed by atoms with Crippen molar-refractivity contribution in [3.8, 4) is 5.75 Å². The van der Waals surface area contributed by atoms with Crippen LogP contribution in [-0.4, -0.2) is 45.7 Å². The number of carbonyl (C=O) groups excluding carboxylic acids is 1. The number of thioether (sulfide) groups is 1. The number of amides is 2. The summed E-state index contributed by atoms with van der Waals surface area (Å²) >= 11 is 1.31. The molecule has 0 radical (unpaired) electrons. The molecular formula is C26H31F3N2O4S. The number of hydrogen-bond donors (Lipinski definition) is 2. The van der Waals surface area contributed by atoms with Gasteiger partial charge < -0.3 is 20.1 Å². The zero-order valence-electron chi connectivity index (χ0n) is 20.5. The lowest BCUT2D eigenvalue weighted by molar-refractivity contribution is -0.274. The molecule has 1 aliphatic carbocycles. The summed E-state index contributed by atoms with van der Waals surface area (Å²) in [6, 6.07) is 10.8. The van der Waals surface area contributed by atoms with E-state index in [4.69, 9.17) is 0 Å². The number of carbonyl (C=O) groups is 2. The van der Waals surface area contributed by atoms with E-state index in [0.29, 0.717) is 18.7 Å². The second-order valence-electron chi connectivity index (χ2n) is 9.29. The molecule has 6 nitrogen and oxygen atoms in total. The SMILES string of the molecule is CCCCN(C(=O)Nc1ccc(OC(F)(F)F)cc1)C1CCc2cc(SC(C)(C)C(=O)O)ccc2C1. The van der Waals surface area contributed by atoms with E-state index in [9.17, 15) is 27.9 Å². The average molecular weight is 525 g/mol. The number of carboxylic acids is 1. The van der Waals surface area contributed by atoms with Crippen LogP contribution in [-0.2, 0) is 17.6 Å². The fourth-order valence-corrected chi connectivity index (χ4v) is 5.11. The maximum Gasteiger partial charge on any atom is 0.573 e. The molecule has 1 atom stereocenters. The molecule has 0 aromatic heterocycles. The topological polar surface area (TPSA) is 78.9 Å². The first kappa shape index (κ1) is 27.7. The van der Waals surface area contributed by atoms with E-state index in [1.807, 2.05) is 30.0 Å². The summed E-state index contributed by atoms with van der Waals surface area (Å²) in [5.41, 5.74) is 2.68. The molecule has 1 unspecified atom stereocenters. The third kappa shape index (κ3) is 7.56. The number of carboxylic acid groups (broad SMARTS) is 1. The van der Waals surface area contributed by atoms with E-state index >= 15 is 0 Å². The zero-order chi connectivity index (χ0) is 26.5. The Kier molecular flexibility index (Phi) is 8.81. The van der Waals surface area contributed by atoms with Crippen molar-refractivity contribution >= 4 is 29.4 Å². The van der Waals surface area contributed by atoms with Crippen molar-refractivity contribution in [3.05, 3.63) is 53.6 Å². The summed E-state index contributed by atoms with van der Waals surface area (Å²) in [6.07, 6.45) is -0.825. The van der Waals surface area contributed by atoms with Gasteiger partial charge in [0, 0.05) is 23.2 Å². The number of halogens is 3. The quantitative estimate of drug-likeness (QED) is 0.356. The van der Waals surface area contributed by atoms with Gasteiger partial charge in [-0.1, -0.05) is 19.4 Å². The van der Waals surface area contributed by atoms with Gasteiger partial charge in [-0.25, -0.2) is 4.79 Å². The number of aryl methyl sites for hydroxylation is 1. The Balaban J connectivity index is 1.70. The number of unbranched alkanes of at least 4 members (excludes halogenated alkanes) is 1. The standard InChI is InChI=1S/C26H31F3N2O4S/c1-4-5-14-31(24(34)30-19-8-11-21(12-9-19)35-26(27,28)29)20-10-6-18-16-22(13-7-17(18)15-20)36-25(2,3)23(32)33/h7-9,11-13,16,20H,4-6,10,14-15H2,1-3H3,(H,30,34)(H,32,33). The molecule has 2 aromatic rings. The molecule has 0 heterocycles. The molecule has 2 amide bonds. The second kappa shape index (κ2) is 11.5. The van der Waals surface area contributed by atoms with Gasteiger partial charge in [0.15, 0.2) is 0 Å². The first-order valence-corrected chi connectivity index (χ1v) is 12.7. The van der Waals surface area contributed by atoms with Gasteiger partial charge in [0.25, 0.3) is 0 Å². The fourth-order valence-electron chi connectivity index (χ4n) is 4.09. The van der Waals surface area contributed by atoms with Gasteiger partial charge in [0.2, 0.25) is 0 Å². The molecule has 36 heavy (non-hydrogen) atoms. The number of ether oxygens (including phenoxy) is 1. The summed E-state index contributed by atoms with van der Waals surface area (Å²) in [5.74, 6) is -1.22. The predicted octanol–water partition coefficient (Wildman–Crippen LogP) is 6.73. The number of anilines is 1. The number of hydrogen-bond acceptors (Lipinski definition) is 4. The summed E-state index contributed by atoms with van der Waals surface area (Å²) in [5, 5.41) is 12.2. The number of nitrogens with one attached hydrogen (secondary N) is 1. The lowest BCUT2D eigenvalue weighted by atomic mass is 9.87. The van der Waals surface area contributed by atoms with Gasteiger partial charge in [-0.15, -0.1) is 24.9 Å². The molecule has 2 aromatic carbocycles. The normalized spacial score (nSPS) is 15.7. The Morgan fingerprint density at radius 2 is 1.83 bits per heavy atom. The molecule has 0 aliphatic heterocycles. The first-order valence-electron chi connectivity index (χ1n) is 11.9. The molecule has 0 fully saturated rings. The van der Waals surface area contributed by atoms with Crippen LogP contribution in [0.2, 0.25) is 0 Å². The van der Waals surface area contributed by atoms with Crippen molar-refractivity contribution in [2.75, 3.05) is 11.9 Å². The van der Waals surface area contributed by atoms with E-state index in [1.54, 1.807) is 13.8 Å². The molecule has 1 aliphatic rings.